The molecule has 0 aromatic heterocycles. The predicted molar refractivity (Wildman–Crippen MR) is 79.2 cm³/mol. The van der Waals surface area contributed by atoms with Crippen molar-refractivity contribution in [2.24, 2.45) is 5.92 Å². The molecule has 5 heteroatoms. The van der Waals surface area contributed by atoms with Gasteiger partial charge < -0.3 is 15.3 Å². The lowest BCUT2D eigenvalue weighted by molar-refractivity contribution is -0.130. The number of aliphatic hydroxyl groups excluding tert-OH is 1. The highest BCUT2D eigenvalue weighted by Crippen LogP contribution is 2.20. The molecule has 1 aliphatic rings. The monoisotopic (exact) mass is 290 g/mol. The summed E-state index contributed by atoms with van der Waals surface area (Å²) in [7, 11) is 0. The van der Waals surface area contributed by atoms with Gasteiger partial charge in [0.25, 0.3) is 0 Å². The van der Waals surface area contributed by atoms with E-state index in [2.05, 4.69) is 5.32 Å². The molecule has 5 nitrogen and oxygen atoms in total. The zero-order valence-corrected chi connectivity index (χ0v) is 12.5. The first-order chi connectivity index (χ1) is 10.0. The first-order valence-corrected chi connectivity index (χ1v) is 7.27. The van der Waals surface area contributed by atoms with E-state index < -0.39 is 0 Å². The van der Waals surface area contributed by atoms with Crippen molar-refractivity contribution in [3.05, 3.63) is 35.4 Å². The molecule has 2 amide bonds. The summed E-state index contributed by atoms with van der Waals surface area (Å²) in [6, 6.07) is 7.57. The molecule has 0 spiro atoms. The molecule has 2 N–H and O–H groups in total. The molecule has 0 aliphatic carbocycles. The third-order valence-electron chi connectivity index (χ3n) is 3.89. The maximum atomic E-state index is 12.2. The normalized spacial score (nSPS) is 18.4. The Kier molecular flexibility index (Phi) is 4.96. The first-order valence-electron chi connectivity index (χ1n) is 7.27. The Balaban J connectivity index is 1.92. The Morgan fingerprint density at radius 1 is 1.38 bits per heavy atom. The average Bonchev–Trinajstić information content (AvgIpc) is 2.87. The van der Waals surface area contributed by atoms with Crippen LogP contribution in [0.2, 0.25) is 0 Å². The second-order valence-electron chi connectivity index (χ2n) is 5.69. The minimum atomic E-state index is -0.277. The number of nitrogens with zero attached hydrogens (tertiary/aromatic N) is 1. The van der Waals surface area contributed by atoms with Crippen molar-refractivity contribution >= 4 is 11.8 Å². The van der Waals surface area contributed by atoms with Gasteiger partial charge in [0.05, 0.1) is 12.5 Å². The Hall–Kier alpha value is -1.88. The average molecular weight is 290 g/mol. The highest BCUT2D eigenvalue weighted by atomic mass is 16.3. The molecular weight excluding hydrogens is 268 g/mol. The van der Waals surface area contributed by atoms with E-state index in [0.717, 1.165) is 11.1 Å². The molecular formula is C16H22N2O3. The minimum absolute atomic E-state index is 0.0425. The van der Waals surface area contributed by atoms with Gasteiger partial charge in [-0.05, 0) is 25.0 Å². The van der Waals surface area contributed by atoms with E-state index in [9.17, 15) is 14.7 Å². The molecule has 1 fully saturated rings. The van der Waals surface area contributed by atoms with E-state index >= 15 is 0 Å². The maximum absolute atomic E-state index is 12.2. The number of benzene rings is 1. The molecule has 0 bridgehead atoms. The molecule has 21 heavy (non-hydrogen) atoms. The summed E-state index contributed by atoms with van der Waals surface area (Å²) in [5, 5.41) is 12.1. The molecule has 1 saturated heterocycles. The van der Waals surface area contributed by atoms with Crippen LogP contribution in [0.4, 0.5) is 0 Å². The lowest BCUT2D eigenvalue weighted by Crippen LogP contribution is -2.35. The summed E-state index contributed by atoms with van der Waals surface area (Å²) in [6.45, 7) is 4.73. The van der Waals surface area contributed by atoms with Gasteiger partial charge in [0.2, 0.25) is 11.8 Å². The van der Waals surface area contributed by atoms with Crippen LogP contribution in [0.3, 0.4) is 0 Å². The largest absolute Gasteiger partial charge is 0.392 e. The van der Waals surface area contributed by atoms with Crippen LogP contribution in [-0.4, -0.2) is 34.4 Å². The van der Waals surface area contributed by atoms with Crippen molar-refractivity contribution < 1.29 is 14.7 Å². The molecule has 1 atom stereocenters. The first kappa shape index (κ1) is 15.5. The van der Waals surface area contributed by atoms with Gasteiger partial charge in [0, 0.05) is 25.6 Å². The minimum Gasteiger partial charge on any atom is -0.392 e. The predicted octanol–water partition coefficient (Wildman–Crippen LogP) is 1.05. The second-order valence-corrected chi connectivity index (χ2v) is 5.69. The van der Waals surface area contributed by atoms with Gasteiger partial charge in [-0.15, -0.1) is 0 Å². The van der Waals surface area contributed by atoms with E-state index in [1.807, 2.05) is 38.1 Å². The number of aliphatic hydroxyl groups is 1. The topological polar surface area (TPSA) is 69.6 Å². The lowest BCUT2D eigenvalue weighted by Gasteiger charge is -2.20. The van der Waals surface area contributed by atoms with Crippen LogP contribution in [0.25, 0.3) is 0 Å². The smallest absolute Gasteiger partial charge is 0.225 e. The van der Waals surface area contributed by atoms with Gasteiger partial charge in [-0.3, -0.25) is 9.59 Å². The Bertz CT molecular complexity index is 528. The van der Waals surface area contributed by atoms with Gasteiger partial charge in [-0.2, -0.15) is 0 Å². The molecule has 114 valence electrons. The van der Waals surface area contributed by atoms with Crippen LogP contribution >= 0.6 is 0 Å². The third-order valence-corrected chi connectivity index (χ3v) is 3.89. The zero-order valence-electron chi connectivity index (χ0n) is 12.5. The number of amides is 2. The van der Waals surface area contributed by atoms with Gasteiger partial charge in [-0.25, -0.2) is 0 Å². The summed E-state index contributed by atoms with van der Waals surface area (Å²) < 4.78 is 0. The fourth-order valence-electron chi connectivity index (χ4n) is 2.62. The zero-order chi connectivity index (χ0) is 15.4. The SMILES string of the molecule is CC(C)N1CC(C(=O)NCc2ccccc2CO)CC1=O. The third kappa shape index (κ3) is 3.61. The number of carbonyl (C=O) groups is 2. The van der Waals surface area contributed by atoms with E-state index in [0.29, 0.717) is 13.1 Å². The number of hydrogen-bond acceptors (Lipinski definition) is 3. The molecule has 1 heterocycles. The van der Waals surface area contributed by atoms with E-state index in [1.165, 1.54) is 0 Å². The Morgan fingerprint density at radius 3 is 2.62 bits per heavy atom. The molecule has 1 aromatic carbocycles. The fraction of sp³-hybridized carbons (Fsp3) is 0.500. The highest BCUT2D eigenvalue weighted by Gasteiger charge is 2.35. The van der Waals surface area contributed by atoms with Crippen LogP contribution in [-0.2, 0) is 22.7 Å². The summed E-state index contributed by atoms with van der Waals surface area (Å²) in [5.74, 6) is -0.332. The van der Waals surface area contributed by atoms with E-state index in [1.54, 1.807) is 4.90 Å². The van der Waals surface area contributed by atoms with Crippen molar-refractivity contribution in [3.8, 4) is 0 Å². The number of carbonyl (C=O) groups excluding carboxylic acids is 2. The molecule has 1 unspecified atom stereocenters. The molecule has 1 aliphatic heterocycles. The van der Waals surface area contributed by atoms with Crippen LogP contribution < -0.4 is 5.32 Å². The molecule has 2 rings (SSSR count). The van der Waals surface area contributed by atoms with Crippen molar-refractivity contribution in [1.82, 2.24) is 10.2 Å². The van der Waals surface area contributed by atoms with Crippen LogP contribution in [0, 0.1) is 5.92 Å². The summed E-state index contributed by atoms with van der Waals surface area (Å²) in [4.78, 5) is 25.7. The number of hydrogen-bond donors (Lipinski definition) is 2. The van der Waals surface area contributed by atoms with Gasteiger partial charge in [-0.1, -0.05) is 24.3 Å². The number of rotatable bonds is 5. The van der Waals surface area contributed by atoms with Crippen molar-refractivity contribution in [2.45, 2.75) is 39.5 Å². The van der Waals surface area contributed by atoms with Crippen LogP contribution in [0.15, 0.2) is 24.3 Å². The van der Waals surface area contributed by atoms with Crippen molar-refractivity contribution in [1.29, 1.82) is 0 Å². The van der Waals surface area contributed by atoms with Crippen LogP contribution in [0.5, 0.6) is 0 Å². The quantitative estimate of drug-likeness (QED) is 0.851. The number of likely N-dealkylation sites (tertiary alicyclic amines) is 1. The fourth-order valence-corrected chi connectivity index (χ4v) is 2.62. The second kappa shape index (κ2) is 6.72. The lowest BCUT2D eigenvalue weighted by atomic mass is 10.1. The molecule has 0 radical (unpaired) electrons. The summed E-state index contributed by atoms with van der Waals surface area (Å²) >= 11 is 0. The highest BCUT2D eigenvalue weighted by molar-refractivity contribution is 5.89. The van der Waals surface area contributed by atoms with Crippen molar-refractivity contribution in [2.75, 3.05) is 6.54 Å². The summed E-state index contributed by atoms with van der Waals surface area (Å²) in [5.41, 5.74) is 1.71. The summed E-state index contributed by atoms with van der Waals surface area (Å²) in [6.07, 6.45) is 0.283. The standard InChI is InChI=1S/C16H22N2O3/c1-11(2)18-9-14(7-15(18)20)16(21)17-8-12-5-3-4-6-13(12)10-19/h3-6,11,14,19H,7-10H2,1-2H3,(H,17,21). The number of nitrogens with one attached hydrogen (secondary N) is 1. The molecule has 1 aromatic rings. The van der Waals surface area contributed by atoms with Crippen molar-refractivity contribution in [3.63, 3.8) is 0 Å². The van der Waals surface area contributed by atoms with Crippen LogP contribution in [0.1, 0.15) is 31.4 Å². The Labute approximate surface area is 125 Å². The van der Waals surface area contributed by atoms with Gasteiger partial charge in [0.1, 0.15) is 0 Å². The van der Waals surface area contributed by atoms with Gasteiger partial charge in [0.15, 0.2) is 0 Å². The van der Waals surface area contributed by atoms with Gasteiger partial charge >= 0.3 is 0 Å². The van der Waals surface area contributed by atoms with E-state index in [-0.39, 0.29) is 36.8 Å². The molecule has 0 saturated carbocycles. The maximum Gasteiger partial charge on any atom is 0.225 e. The van der Waals surface area contributed by atoms with E-state index in [4.69, 9.17) is 0 Å². The Morgan fingerprint density at radius 2 is 2.05 bits per heavy atom.